The fraction of sp³-hybridized carbons (Fsp3) is 0.600. The molecule has 1 fully saturated rings. The lowest BCUT2D eigenvalue weighted by Gasteiger charge is -2.17. The first-order valence-corrected chi connectivity index (χ1v) is 7.43. The van der Waals surface area contributed by atoms with Crippen LogP contribution in [0.1, 0.15) is 26.7 Å². The summed E-state index contributed by atoms with van der Waals surface area (Å²) < 4.78 is 0. The molecule has 2 N–H and O–H groups in total. The Morgan fingerprint density at radius 2 is 2.15 bits per heavy atom. The van der Waals surface area contributed by atoms with Crippen molar-refractivity contribution < 1.29 is 4.79 Å². The summed E-state index contributed by atoms with van der Waals surface area (Å²) in [5.74, 6) is 0.982. The summed E-state index contributed by atoms with van der Waals surface area (Å²) in [7, 11) is 0. The normalized spacial score (nSPS) is 16.2. The molecule has 1 amide bonds. The first kappa shape index (κ1) is 14.8. The van der Waals surface area contributed by atoms with Gasteiger partial charge in [-0.3, -0.25) is 4.79 Å². The number of carbonyl (C=O) groups excluding carboxylic acids is 1. The van der Waals surface area contributed by atoms with Crippen LogP contribution in [0.4, 0.5) is 11.5 Å². The van der Waals surface area contributed by atoms with E-state index in [2.05, 4.69) is 20.5 Å². The third-order valence-corrected chi connectivity index (χ3v) is 3.59. The van der Waals surface area contributed by atoms with Gasteiger partial charge in [-0.15, -0.1) is 0 Å². The molecule has 2 heterocycles. The highest BCUT2D eigenvalue weighted by atomic mass is 16.1. The van der Waals surface area contributed by atoms with Crippen molar-refractivity contribution in [3.63, 3.8) is 0 Å². The van der Waals surface area contributed by atoms with E-state index in [1.807, 2.05) is 26.0 Å². The van der Waals surface area contributed by atoms with Gasteiger partial charge < -0.3 is 15.5 Å². The number of hydrogen-bond donors (Lipinski definition) is 2. The minimum atomic E-state index is -0.0480. The molecule has 1 aliphatic rings. The Balaban J connectivity index is 1.88. The molecule has 1 aromatic rings. The molecule has 1 atom stereocenters. The van der Waals surface area contributed by atoms with E-state index in [0.717, 1.165) is 31.1 Å². The first-order chi connectivity index (χ1) is 9.70. The highest BCUT2D eigenvalue weighted by Crippen LogP contribution is 2.19. The molecule has 20 heavy (non-hydrogen) atoms. The average molecular weight is 276 g/mol. The molecule has 0 aromatic carbocycles. The molecule has 0 spiro atoms. The van der Waals surface area contributed by atoms with Crippen LogP contribution in [0.25, 0.3) is 0 Å². The Bertz CT molecular complexity index is 426. The van der Waals surface area contributed by atoms with Gasteiger partial charge in [0.1, 0.15) is 5.82 Å². The van der Waals surface area contributed by atoms with Gasteiger partial charge in [-0.2, -0.15) is 0 Å². The van der Waals surface area contributed by atoms with Gasteiger partial charge in [-0.25, -0.2) is 4.98 Å². The Kier molecular flexibility index (Phi) is 5.35. The van der Waals surface area contributed by atoms with Crippen LogP contribution in [-0.4, -0.2) is 37.1 Å². The summed E-state index contributed by atoms with van der Waals surface area (Å²) in [5, 5.41) is 6.09. The van der Waals surface area contributed by atoms with Crippen LogP contribution in [0.5, 0.6) is 0 Å². The summed E-state index contributed by atoms with van der Waals surface area (Å²) in [6.07, 6.45) is 4.22. The molecule has 0 bridgehead atoms. The molecule has 5 nitrogen and oxygen atoms in total. The Hall–Kier alpha value is -1.62. The number of nitrogens with zero attached hydrogens (tertiary/aromatic N) is 2. The van der Waals surface area contributed by atoms with Crippen LogP contribution in [0.3, 0.4) is 0 Å². The van der Waals surface area contributed by atoms with Gasteiger partial charge in [0.15, 0.2) is 0 Å². The van der Waals surface area contributed by atoms with Gasteiger partial charge in [0, 0.05) is 25.6 Å². The van der Waals surface area contributed by atoms with Crippen LogP contribution in [0.15, 0.2) is 18.3 Å². The predicted octanol–water partition coefficient (Wildman–Crippen LogP) is 1.87. The van der Waals surface area contributed by atoms with Gasteiger partial charge in [-0.1, -0.05) is 13.8 Å². The monoisotopic (exact) mass is 276 g/mol. The quantitative estimate of drug-likeness (QED) is 0.833. The lowest BCUT2D eigenvalue weighted by molar-refractivity contribution is -0.119. The van der Waals surface area contributed by atoms with Crippen molar-refractivity contribution >= 4 is 17.4 Å². The fourth-order valence-electron chi connectivity index (χ4n) is 2.31. The second-order valence-corrected chi connectivity index (χ2v) is 5.30. The lowest BCUT2D eigenvalue weighted by Crippen LogP contribution is -2.30. The number of anilines is 2. The molecule has 1 aromatic heterocycles. The SMILES string of the molecule is CCNCC(C)C(=O)Nc1ccc(N2CCCC2)nc1. The van der Waals surface area contributed by atoms with Crippen molar-refractivity contribution in [2.24, 2.45) is 5.92 Å². The maximum absolute atomic E-state index is 12.0. The smallest absolute Gasteiger partial charge is 0.228 e. The number of rotatable bonds is 6. The predicted molar refractivity (Wildman–Crippen MR) is 82.0 cm³/mol. The molecule has 5 heteroatoms. The number of hydrogen-bond acceptors (Lipinski definition) is 4. The average Bonchev–Trinajstić information content (AvgIpc) is 2.99. The third kappa shape index (κ3) is 3.93. The highest BCUT2D eigenvalue weighted by molar-refractivity contribution is 5.92. The van der Waals surface area contributed by atoms with Crippen molar-refractivity contribution in [2.75, 3.05) is 36.4 Å². The minimum absolute atomic E-state index is 0.0293. The first-order valence-electron chi connectivity index (χ1n) is 7.43. The lowest BCUT2D eigenvalue weighted by atomic mass is 10.1. The molecular formula is C15H24N4O. The van der Waals surface area contributed by atoms with Crippen LogP contribution < -0.4 is 15.5 Å². The third-order valence-electron chi connectivity index (χ3n) is 3.59. The van der Waals surface area contributed by atoms with E-state index in [1.165, 1.54) is 12.8 Å². The number of aromatic nitrogens is 1. The van der Waals surface area contributed by atoms with E-state index >= 15 is 0 Å². The minimum Gasteiger partial charge on any atom is -0.357 e. The zero-order chi connectivity index (χ0) is 14.4. The number of pyridine rings is 1. The van der Waals surface area contributed by atoms with E-state index in [9.17, 15) is 4.79 Å². The number of nitrogens with one attached hydrogen (secondary N) is 2. The van der Waals surface area contributed by atoms with Crippen LogP contribution in [-0.2, 0) is 4.79 Å². The summed E-state index contributed by atoms with van der Waals surface area (Å²) >= 11 is 0. The van der Waals surface area contributed by atoms with Crippen LogP contribution in [0, 0.1) is 5.92 Å². The second-order valence-electron chi connectivity index (χ2n) is 5.30. The van der Waals surface area contributed by atoms with Crippen molar-refractivity contribution in [3.8, 4) is 0 Å². The van der Waals surface area contributed by atoms with E-state index in [1.54, 1.807) is 6.20 Å². The molecule has 1 saturated heterocycles. The molecular weight excluding hydrogens is 252 g/mol. The van der Waals surface area contributed by atoms with Gasteiger partial charge in [0.25, 0.3) is 0 Å². The zero-order valence-corrected chi connectivity index (χ0v) is 12.4. The van der Waals surface area contributed by atoms with Gasteiger partial charge in [0.2, 0.25) is 5.91 Å². The summed E-state index contributed by atoms with van der Waals surface area (Å²) in [6, 6.07) is 3.91. The molecule has 110 valence electrons. The van der Waals surface area contributed by atoms with E-state index in [0.29, 0.717) is 6.54 Å². The van der Waals surface area contributed by atoms with Crippen molar-refractivity contribution in [1.29, 1.82) is 0 Å². The van der Waals surface area contributed by atoms with E-state index in [4.69, 9.17) is 0 Å². The largest absolute Gasteiger partial charge is 0.357 e. The second kappa shape index (κ2) is 7.24. The Morgan fingerprint density at radius 1 is 1.40 bits per heavy atom. The van der Waals surface area contributed by atoms with Crippen molar-refractivity contribution in [3.05, 3.63) is 18.3 Å². The van der Waals surface area contributed by atoms with Crippen LogP contribution >= 0.6 is 0 Å². The van der Waals surface area contributed by atoms with Crippen molar-refractivity contribution in [2.45, 2.75) is 26.7 Å². The molecule has 0 saturated carbocycles. The number of amides is 1. The Morgan fingerprint density at radius 3 is 2.75 bits per heavy atom. The van der Waals surface area contributed by atoms with Crippen LogP contribution in [0.2, 0.25) is 0 Å². The molecule has 0 radical (unpaired) electrons. The van der Waals surface area contributed by atoms with Gasteiger partial charge in [-0.05, 0) is 31.5 Å². The molecule has 2 rings (SSSR count). The zero-order valence-electron chi connectivity index (χ0n) is 12.4. The summed E-state index contributed by atoms with van der Waals surface area (Å²) in [6.45, 7) is 7.69. The summed E-state index contributed by atoms with van der Waals surface area (Å²) in [5.41, 5.74) is 0.765. The van der Waals surface area contributed by atoms with Gasteiger partial charge >= 0.3 is 0 Å². The van der Waals surface area contributed by atoms with E-state index in [-0.39, 0.29) is 11.8 Å². The molecule has 1 unspecified atom stereocenters. The Labute approximate surface area is 120 Å². The topological polar surface area (TPSA) is 57.3 Å². The maximum Gasteiger partial charge on any atom is 0.228 e. The summed E-state index contributed by atoms with van der Waals surface area (Å²) in [4.78, 5) is 18.7. The maximum atomic E-state index is 12.0. The van der Waals surface area contributed by atoms with Crippen molar-refractivity contribution in [1.82, 2.24) is 10.3 Å². The van der Waals surface area contributed by atoms with E-state index < -0.39 is 0 Å². The van der Waals surface area contributed by atoms with Gasteiger partial charge in [0.05, 0.1) is 11.9 Å². The number of carbonyl (C=O) groups is 1. The molecule has 0 aliphatic carbocycles. The standard InChI is InChI=1S/C15H24N4O/c1-3-16-10-12(2)15(20)18-13-6-7-14(17-11-13)19-8-4-5-9-19/h6-7,11-12,16H,3-5,8-10H2,1-2H3,(H,18,20). The highest BCUT2D eigenvalue weighted by Gasteiger charge is 2.15. The fourth-order valence-corrected chi connectivity index (χ4v) is 2.31. The molecule has 1 aliphatic heterocycles.